The Morgan fingerprint density at radius 3 is 2.18 bits per heavy atom. The molecule has 0 saturated heterocycles. The molecule has 0 bridgehead atoms. The van der Waals surface area contributed by atoms with Gasteiger partial charge in [0.25, 0.3) is 0 Å². The van der Waals surface area contributed by atoms with E-state index < -0.39 is 7.37 Å². The van der Waals surface area contributed by atoms with Gasteiger partial charge in [0.2, 0.25) is 0 Å². The Bertz CT molecular complexity index is 900. The smallest absolute Gasteiger partial charge is 0.307 e. The van der Waals surface area contributed by atoms with Crippen molar-refractivity contribution < 1.29 is 14.2 Å². The van der Waals surface area contributed by atoms with Crippen LogP contribution < -0.4 is 15.1 Å². The average Bonchev–Trinajstić information content (AvgIpc) is 2.56. The van der Waals surface area contributed by atoms with Crippen LogP contribution in [0.4, 0.5) is 0 Å². The van der Waals surface area contributed by atoms with Crippen LogP contribution in [0.25, 0.3) is 11.1 Å². The molecule has 0 amide bonds. The van der Waals surface area contributed by atoms with E-state index in [2.05, 4.69) is 0 Å². The molecule has 0 aromatic heterocycles. The van der Waals surface area contributed by atoms with Crippen molar-refractivity contribution in [3.63, 3.8) is 0 Å². The molecule has 0 aliphatic carbocycles. The van der Waals surface area contributed by atoms with Crippen molar-refractivity contribution in [1.82, 2.24) is 0 Å². The zero-order chi connectivity index (χ0) is 15.2. The lowest BCUT2D eigenvalue weighted by Gasteiger charge is -2.28. The van der Waals surface area contributed by atoms with Crippen LogP contribution in [0.15, 0.2) is 72.8 Å². The van der Waals surface area contributed by atoms with Gasteiger partial charge in [-0.2, -0.15) is 0 Å². The normalized spacial score (nSPS) is 18.9. The van der Waals surface area contributed by atoms with Crippen molar-refractivity contribution in [2.24, 2.45) is 0 Å². The van der Waals surface area contributed by atoms with E-state index in [0.29, 0.717) is 16.4 Å². The SMILES string of the molecule is O=P1(c2ccc(O)cc2)Oc2ccccc2-c2ccccc21. The van der Waals surface area contributed by atoms with Crippen molar-refractivity contribution in [3.05, 3.63) is 72.8 Å². The fourth-order valence-electron chi connectivity index (χ4n) is 2.76. The molecule has 1 heterocycles. The van der Waals surface area contributed by atoms with Crippen molar-refractivity contribution >= 4 is 18.0 Å². The first-order valence-electron chi connectivity index (χ1n) is 6.97. The van der Waals surface area contributed by atoms with Crippen LogP contribution in [0.3, 0.4) is 0 Å². The lowest BCUT2D eigenvalue weighted by Crippen LogP contribution is -2.25. The molecule has 1 N–H and O–H groups in total. The molecule has 108 valence electrons. The third-order valence-corrected chi connectivity index (χ3v) is 6.27. The lowest BCUT2D eigenvalue weighted by atomic mass is 10.0. The summed E-state index contributed by atoms with van der Waals surface area (Å²) < 4.78 is 19.6. The Balaban J connectivity index is 2.00. The fourth-order valence-corrected chi connectivity index (χ4v) is 5.01. The standard InChI is InChI=1S/C18H13O3P/c19-13-9-11-14(12-10-13)22(20)18-8-4-2-6-16(18)15-5-1-3-7-17(15)21-22/h1-12,19H. The lowest BCUT2D eigenvalue weighted by molar-refractivity contribution is 0.475. The quantitative estimate of drug-likeness (QED) is 0.698. The van der Waals surface area contributed by atoms with Crippen LogP contribution in [0, 0.1) is 0 Å². The number of hydrogen-bond acceptors (Lipinski definition) is 3. The number of aromatic hydroxyl groups is 1. The molecule has 22 heavy (non-hydrogen) atoms. The van der Waals surface area contributed by atoms with Gasteiger partial charge in [-0.25, -0.2) is 0 Å². The van der Waals surface area contributed by atoms with Crippen molar-refractivity contribution in [3.8, 4) is 22.6 Å². The third-order valence-electron chi connectivity index (χ3n) is 3.81. The molecular weight excluding hydrogens is 295 g/mol. The molecular formula is C18H13O3P. The minimum absolute atomic E-state index is 0.140. The van der Waals surface area contributed by atoms with E-state index >= 15 is 0 Å². The van der Waals surface area contributed by atoms with Crippen LogP contribution in [0.2, 0.25) is 0 Å². The summed E-state index contributed by atoms with van der Waals surface area (Å²) in [5, 5.41) is 10.7. The van der Waals surface area contributed by atoms with E-state index in [-0.39, 0.29) is 5.75 Å². The number of benzene rings is 3. The van der Waals surface area contributed by atoms with Gasteiger partial charge in [-0.3, -0.25) is 4.57 Å². The number of rotatable bonds is 1. The van der Waals surface area contributed by atoms with Crippen LogP contribution in [0.1, 0.15) is 0 Å². The summed E-state index contributed by atoms with van der Waals surface area (Å²) in [6.07, 6.45) is 0. The summed E-state index contributed by atoms with van der Waals surface area (Å²) >= 11 is 0. The summed E-state index contributed by atoms with van der Waals surface area (Å²) in [4.78, 5) is 0. The van der Waals surface area contributed by atoms with E-state index in [1.54, 1.807) is 12.1 Å². The summed E-state index contributed by atoms with van der Waals surface area (Å²) in [5.74, 6) is 0.763. The van der Waals surface area contributed by atoms with Gasteiger partial charge in [-0.15, -0.1) is 0 Å². The highest BCUT2D eigenvalue weighted by atomic mass is 31.2. The highest BCUT2D eigenvalue weighted by Gasteiger charge is 2.37. The van der Waals surface area contributed by atoms with E-state index in [1.165, 1.54) is 12.1 Å². The molecule has 4 heteroatoms. The van der Waals surface area contributed by atoms with Crippen LogP contribution in [-0.4, -0.2) is 5.11 Å². The van der Waals surface area contributed by atoms with Gasteiger partial charge in [0, 0.05) is 5.56 Å². The Labute approximate surface area is 128 Å². The van der Waals surface area contributed by atoms with Gasteiger partial charge in [0.05, 0.1) is 10.6 Å². The second kappa shape index (κ2) is 4.75. The van der Waals surface area contributed by atoms with Crippen LogP contribution >= 0.6 is 7.37 Å². The maximum atomic E-state index is 13.6. The molecule has 0 spiro atoms. The largest absolute Gasteiger partial charge is 0.508 e. The number of phenols is 1. The molecule has 1 unspecified atom stereocenters. The van der Waals surface area contributed by atoms with E-state index in [1.807, 2.05) is 48.5 Å². The molecule has 0 radical (unpaired) electrons. The second-order valence-corrected chi connectivity index (χ2v) is 7.46. The maximum Gasteiger partial charge on any atom is 0.307 e. The Kier molecular flexibility index (Phi) is 2.85. The van der Waals surface area contributed by atoms with Gasteiger partial charge in [-0.05, 0) is 42.0 Å². The Morgan fingerprint density at radius 1 is 0.773 bits per heavy atom. The van der Waals surface area contributed by atoms with E-state index in [0.717, 1.165) is 11.1 Å². The zero-order valence-corrected chi connectivity index (χ0v) is 12.5. The summed E-state index contributed by atoms with van der Waals surface area (Å²) in [5.41, 5.74) is 1.88. The fraction of sp³-hybridized carbons (Fsp3) is 0. The molecule has 1 aliphatic rings. The second-order valence-electron chi connectivity index (χ2n) is 5.17. The van der Waals surface area contributed by atoms with Gasteiger partial charge in [-0.1, -0.05) is 36.4 Å². The molecule has 4 rings (SSSR count). The Hall–Kier alpha value is -2.51. The third kappa shape index (κ3) is 1.87. The molecule has 3 aromatic rings. The topological polar surface area (TPSA) is 46.5 Å². The number of hydrogen-bond donors (Lipinski definition) is 1. The predicted octanol–water partition coefficient (Wildman–Crippen LogP) is 3.68. The summed E-state index contributed by atoms with van der Waals surface area (Å²) in [6.45, 7) is 0. The molecule has 0 fully saturated rings. The Morgan fingerprint density at radius 2 is 1.41 bits per heavy atom. The highest BCUT2D eigenvalue weighted by molar-refractivity contribution is 7.75. The van der Waals surface area contributed by atoms with Crippen molar-refractivity contribution in [1.29, 1.82) is 0 Å². The van der Waals surface area contributed by atoms with Crippen molar-refractivity contribution in [2.45, 2.75) is 0 Å². The molecule has 3 nitrogen and oxygen atoms in total. The molecule has 1 atom stereocenters. The average molecular weight is 308 g/mol. The minimum atomic E-state index is -3.22. The first-order valence-corrected chi connectivity index (χ1v) is 8.59. The number of phenolic OH excluding ortho intramolecular Hbond substituents is 1. The predicted molar refractivity (Wildman–Crippen MR) is 87.5 cm³/mol. The van der Waals surface area contributed by atoms with E-state index in [9.17, 15) is 9.67 Å². The monoisotopic (exact) mass is 308 g/mol. The summed E-state index contributed by atoms with van der Waals surface area (Å²) in [7, 11) is -3.22. The first kappa shape index (κ1) is 13.2. The molecule has 0 saturated carbocycles. The molecule has 3 aromatic carbocycles. The zero-order valence-electron chi connectivity index (χ0n) is 11.6. The van der Waals surface area contributed by atoms with Crippen LogP contribution in [-0.2, 0) is 4.57 Å². The number of para-hydroxylation sites is 1. The van der Waals surface area contributed by atoms with Gasteiger partial charge in [0.1, 0.15) is 11.5 Å². The molecule has 1 aliphatic heterocycles. The highest BCUT2D eigenvalue weighted by Crippen LogP contribution is 2.53. The van der Waals surface area contributed by atoms with Gasteiger partial charge in [0.15, 0.2) is 0 Å². The van der Waals surface area contributed by atoms with Gasteiger partial charge >= 0.3 is 7.37 Å². The van der Waals surface area contributed by atoms with E-state index in [4.69, 9.17) is 4.52 Å². The first-order chi connectivity index (χ1) is 10.7. The minimum Gasteiger partial charge on any atom is -0.508 e. The summed E-state index contributed by atoms with van der Waals surface area (Å²) in [6, 6.07) is 21.6. The van der Waals surface area contributed by atoms with Gasteiger partial charge < -0.3 is 9.63 Å². The maximum absolute atomic E-state index is 13.6. The van der Waals surface area contributed by atoms with Crippen LogP contribution in [0.5, 0.6) is 11.5 Å². The number of fused-ring (bicyclic) bond motifs is 3. The van der Waals surface area contributed by atoms with Crippen molar-refractivity contribution in [2.75, 3.05) is 0 Å².